The first-order chi connectivity index (χ1) is 6.58. The van der Waals surface area contributed by atoms with Crippen LogP contribution in [-0.4, -0.2) is 21.4 Å². The van der Waals surface area contributed by atoms with Gasteiger partial charge in [0.1, 0.15) is 12.2 Å². The normalized spacial score (nSPS) is 14.9. The summed E-state index contributed by atoms with van der Waals surface area (Å²) in [4.78, 5) is 46.0. The third-order valence-corrected chi connectivity index (χ3v) is 1.77. The first kappa shape index (κ1) is 8.42. The Balaban J connectivity index is 2.77. The van der Waals surface area contributed by atoms with Gasteiger partial charge in [-0.15, -0.1) is 0 Å². The minimum absolute atomic E-state index is 0.0833. The third-order valence-electron chi connectivity index (χ3n) is 1.77. The highest BCUT2D eigenvalue weighted by atomic mass is 16.2. The van der Waals surface area contributed by atoms with Gasteiger partial charge in [0.05, 0.1) is 0 Å². The maximum Gasteiger partial charge on any atom is 0.336 e. The molecular weight excluding hydrogens is 190 g/mol. The van der Waals surface area contributed by atoms with Crippen molar-refractivity contribution in [2.45, 2.75) is 6.42 Å². The number of aromatic nitrogens is 2. The molecule has 0 fully saturated rings. The maximum absolute atomic E-state index is 11.2. The zero-order valence-electron chi connectivity index (χ0n) is 6.86. The maximum atomic E-state index is 11.2. The Labute approximate surface area is 76.4 Å². The quantitative estimate of drug-likeness (QED) is 0.493. The zero-order valence-corrected chi connectivity index (χ0v) is 6.86. The number of carbonyl (C=O) groups is 2. The van der Waals surface area contributed by atoms with Crippen LogP contribution in [0, 0.1) is 0 Å². The third kappa shape index (κ3) is 1.15. The molecule has 0 bridgehead atoms. The number of anilines is 1. The van der Waals surface area contributed by atoms with Crippen molar-refractivity contribution >= 4 is 17.6 Å². The Kier molecular flexibility index (Phi) is 1.60. The van der Waals surface area contributed by atoms with Gasteiger partial charge in [0.25, 0.3) is 5.56 Å². The molecule has 1 aromatic heterocycles. The summed E-state index contributed by atoms with van der Waals surface area (Å²) in [6.07, 6.45) is -0.390. The molecule has 2 N–H and O–H groups in total. The molecule has 14 heavy (non-hydrogen) atoms. The van der Waals surface area contributed by atoms with E-state index in [1.165, 1.54) is 0 Å². The molecule has 0 saturated heterocycles. The molecule has 7 nitrogen and oxygen atoms in total. The molecular formula is C7H5N3O4. The second kappa shape index (κ2) is 2.66. The zero-order chi connectivity index (χ0) is 10.3. The molecule has 0 unspecified atom stereocenters. The number of hydrogen-bond donors (Lipinski definition) is 2. The number of H-pyrrole nitrogens is 1. The molecule has 1 amide bonds. The molecule has 0 aromatic carbocycles. The van der Waals surface area contributed by atoms with Crippen molar-refractivity contribution in [2.75, 3.05) is 5.32 Å². The van der Waals surface area contributed by atoms with Gasteiger partial charge in [0, 0.05) is 6.07 Å². The predicted molar refractivity (Wildman–Crippen MR) is 45.2 cm³/mol. The number of nitrogens with one attached hydrogen (secondary N) is 2. The lowest BCUT2D eigenvalue weighted by Crippen LogP contribution is -2.41. The first-order valence-electron chi connectivity index (χ1n) is 3.77. The van der Waals surface area contributed by atoms with Crippen molar-refractivity contribution < 1.29 is 9.59 Å². The van der Waals surface area contributed by atoms with Crippen LogP contribution in [0.1, 0.15) is 11.2 Å². The fraction of sp³-hybridized carbons (Fsp3) is 0.143. The van der Waals surface area contributed by atoms with Crippen molar-refractivity contribution in [3.8, 4) is 0 Å². The Morgan fingerprint density at radius 1 is 1.21 bits per heavy atom. The van der Waals surface area contributed by atoms with Gasteiger partial charge in [-0.25, -0.2) is 9.36 Å². The Bertz CT molecular complexity index is 539. The molecule has 0 spiro atoms. The Hall–Kier alpha value is -2.18. The van der Waals surface area contributed by atoms with Crippen molar-refractivity contribution in [3.05, 3.63) is 26.9 Å². The number of fused-ring (bicyclic) bond motifs is 1. The average Bonchev–Trinajstić information content (AvgIpc) is 1.99. The van der Waals surface area contributed by atoms with Crippen LogP contribution in [0.2, 0.25) is 0 Å². The van der Waals surface area contributed by atoms with E-state index < -0.39 is 23.1 Å². The van der Waals surface area contributed by atoms with Crippen LogP contribution in [-0.2, 0) is 4.79 Å². The van der Waals surface area contributed by atoms with E-state index in [0.717, 1.165) is 10.6 Å². The SMILES string of the molecule is O=C1CC(=O)n2c(cc(=O)[nH]c2=O)N1. The lowest BCUT2D eigenvalue weighted by Gasteiger charge is -2.15. The molecule has 0 atom stereocenters. The molecule has 1 aliphatic rings. The summed E-state index contributed by atoms with van der Waals surface area (Å²) in [5.74, 6) is -1.26. The van der Waals surface area contributed by atoms with Crippen LogP contribution < -0.4 is 16.6 Å². The van der Waals surface area contributed by atoms with Gasteiger partial charge in [-0.1, -0.05) is 0 Å². The summed E-state index contributed by atoms with van der Waals surface area (Å²) in [7, 11) is 0. The summed E-state index contributed by atoms with van der Waals surface area (Å²) in [5.41, 5.74) is -1.49. The summed E-state index contributed by atoms with van der Waals surface area (Å²) < 4.78 is 0.725. The van der Waals surface area contributed by atoms with Crippen molar-refractivity contribution in [1.29, 1.82) is 0 Å². The van der Waals surface area contributed by atoms with Crippen molar-refractivity contribution in [1.82, 2.24) is 9.55 Å². The monoisotopic (exact) mass is 195 g/mol. The lowest BCUT2D eigenvalue weighted by atomic mass is 10.3. The van der Waals surface area contributed by atoms with Gasteiger partial charge >= 0.3 is 5.69 Å². The number of aromatic amines is 1. The molecule has 1 aromatic rings. The molecule has 0 saturated carbocycles. The van der Waals surface area contributed by atoms with Gasteiger partial charge < -0.3 is 5.32 Å². The molecule has 0 radical (unpaired) electrons. The number of nitrogens with zero attached hydrogens (tertiary/aromatic N) is 1. The predicted octanol–water partition coefficient (Wildman–Crippen LogP) is -1.48. The second-order valence-corrected chi connectivity index (χ2v) is 2.78. The summed E-state index contributed by atoms with van der Waals surface area (Å²) in [6.45, 7) is 0. The van der Waals surface area contributed by atoms with E-state index in [0.29, 0.717) is 0 Å². The number of carbonyl (C=O) groups excluding carboxylic acids is 2. The Morgan fingerprint density at radius 2 is 1.93 bits per heavy atom. The van der Waals surface area contributed by atoms with Crippen LogP contribution in [0.5, 0.6) is 0 Å². The summed E-state index contributed by atoms with van der Waals surface area (Å²) in [6, 6.07) is 0.982. The molecule has 0 aliphatic carbocycles. The minimum Gasteiger partial charge on any atom is -0.311 e. The highest BCUT2D eigenvalue weighted by molar-refractivity contribution is 6.08. The van der Waals surface area contributed by atoms with Gasteiger partial charge in [-0.3, -0.25) is 19.4 Å². The van der Waals surface area contributed by atoms with Gasteiger partial charge in [0.15, 0.2) is 0 Å². The van der Waals surface area contributed by atoms with E-state index in [-0.39, 0.29) is 12.2 Å². The molecule has 1 aliphatic heterocycles. The van der Waals surface area contributed by atoms with E-state index in [2.05, 4.69) is 5.32 Å². The van der Waals surface area contributed by atoms with Gasteiger partial charge in [0.2, 0.25) is 11.8 Å². The van der Waals surface area contributed by atoms with E-state index >= 15 is 0 Å². The number of rotatable bonds is 0. The van der Waals surface area contributed by atoms with E-state index in [1.54, 1.807) is 0 Å². The van der Waals surface area contributed by atoms with Crippen molar-refractivity contribution in [3.63, 3.8) is 0 Å². The van der Waals surface area contributed by atoms with Crippen molar-refractivity contribution in [2.24, 2.45) is 0 Å². The van der Waals surface area contributed by atoms with Crippen LogP contribution in [0.3, 0.4) is 0 Å². The van der Waals surface area contributed by atoms with E-state index in [1.807, 2.05) is 4.98 Å². The van der Waals surface area contributed by atoms with Gasteiger partial charge in [-0.2, -0.15) is 0 Å². The number of hydrogen-bond acceptors (Lipinski definition) is 4. The minimum atomic E-state index is -0.836. The topological polar surface area (TPSA) is 101 Å². The molecule has 7 heteroatoms. The molecule has 72 valence electrons. The fourth-order valence-corrected chi connectivity index (χ4v) is 1.24. The highest BCUT2D eigenvalue weighted by Gasteiger charge is 2.23. The smallest absolute Gasteiger partial charge is 0.311 e. The standard InChI is InChI=1S/C7H5N3O4/c11-4-1-3-8-5(12)2-6(13)10(3)7(14)9-4/h1H,2H2,(H,8,12)(H,9,11,14). The van der Waals surface area contributed by atoms with Crippen LogP contribution in [0.4, 0.5) is 5.82 Å². The van der Waals surface area contributed by atoms with Crippen LogP contribution >= 0.6 is 0 Å². The second-order valence-electron chi connectivity index (χ2n) is 2.78. The van der Waals surface area contributed by atoms with E-state index in [4.69, 9.17) is 0 Å². The van der Waals surface area contributed by atoms with E-state index in [9.17, 15) is 19.2 Å². The summed E-state index contributed by atoms with van der Waals surface area (Å²) >= 11 is 0. The fourth-order valence-electron chi connectivity index (χ4n) is 1.24. The summed E-state index contributed by atoms with van der Waals surface area (Å²) in [5, 5.41) is 2.26. The largest absolute Gasteiger partial charge is 0.336 e. The number of amides is 1. The molecule has 2 heterocycles. The Morgan fingerprint density at radius 3 is 2.64 bits per heavy atom. The highest BCUT2D eigenvalue weighted by Crippen LogP contribution is 2.08. The lowest BCUT2D eigenvalue weighted by molar-refractivity contribution is -0.115. The van der Waals surface area contributed by atoms with Gasteiger partial charge in [-0.05, 0) is 0 Å². The molecule has 2 rings (SSSR count). The van der Waals surface area contributed by atoms with Crippen LogP contribution in [0.25, 0.3) is 0 Å². The average molecular weight is 195 g/mol. The van der Waals surface area contributed by atoms with Crippen LogP contribution in [0.15, 0.2) is 15.7 Å². The first-order valence-corrected chi connectivity index (χ1v) is 3.77.